The van der Waals surface area contributed by atoms with E-state index in [-0.39, 0.29) is 29.8 Å². The molecule has 2 aliphatic rings. The van der Waals surface area contributed by atoms with E-state index in [0.717, 1.165) is 13.0 Å². The Kier molecular flexibility index (Phi) is 3.78. The molecule has 1 N–H and O–H groups in total. The van der Waals surface area contributed by atoms with Crippen molar-refractivity contribution in [2.24, 2.45) is 5.92 Å². The molecule has 2 fully saturated rings. The molecule has 1 aromatic rings. The summed E-state index contributed by atoms with van der Waals surface area (Å²) in [6.07, 6.45) is 3.65. The smallest absolute Gasteiger partial charge is 0.128 e. The highest BCUT2D eigenvalue weighted by molar-refractivity contribution is 5.27. The van der Waals surface area contributed by atoms with Crippen molar-refractivity contribution in [1.82, 2.24) is 5.32 Å². The SMILES string of the molecule is Cc1cc(F)c(C(C)NC2CCOC2C2CC2)cc1F. The van der Waals surface area contributed by atoms with Crippen molar-refractivity contribution in [3.8, 4) is 0 Å². The van der Waals surface area contributed by atoms with E-state index in [1.54, 1.807) is 6.92 Å². The van der Waals surface area contributed by atoms with E-state index in [4.69, 9.17) is 4.74 Å². The first-order valence-electron chi connectivity index (χ1n) is 7.39. The molecule has 20 heavy (non-hydrogen) atoms. The molecule has 1 saturated carbocycles. The van der Waals surface area contributed by atoms with Crippen LogP contribution in [-0.4, -0.2) is 18.8 Å². The molecule has 0 bridgehead atoms. The summed E-state index contributed by atoms with van der Waals surface area (Å²) in [7, 11) is 0. The number of hydrogen-bond acceptors (Lipinski definition) is 2. The number of ether oxygens (including phenoxy) is 1. The van der Waals surface area contributed by atoms with Crippen molar-refractivity contribution in [3.05, 3.63) is 34.9 Å². The van der Waals surface area contributed by atoms with E-state index < -0.39 is 0 Å². The van der Waals surface area contributed by atoms with Gasteiger partial charge in [-0.3, -0.25) is 0 Å². The zero-order valence-corrected chi connectivity index (χ0v) is 12.0. The van der Waals surface area contributed by atoms with E-state index in [1.807, 2.05) is 6.92 Å². The van der Waals surface area contributed by atoms with Crippen molar-refractivity contribution in [1.29, 1.82) is 0 Å². The summed E-state index contributed by atoms with van der Waals surface area (Å²) in [6, 6.07) is 2.62. The third-order valence-corrected chi connectivity index (χ3v) is 4.43. The van der Waals surface area contributed by atoms with Crippen molar-refractivity contribution in [2.45, 2.75) is 51.3 Å². The average molecular weight is 281 g/mol. The molecule has 1 aromatic carbocycles. The number of halogens is 2. The lowest BCUT2D eigenvalue weighted by Gasteiger charge is -2.24. The second kappa shape index (κ2) is 5.41. The zero-order valence-electron chi connectivity index (χ0n) is 12.0. The summed E-state index contributed by atoms with van der Waals surface area (Å²) in [4.78, 5) is 0. The van der Waals surface area contributed by atoms with E-state index in [1.165, 1.54) is 25.0 Å². The quantitative estimate of drug-likeness (QED) is 0.912. The highest BCUT2D eigenvalue weighted by atomic mass is 19.1. The van der Waals surface area contributed by atoms with Crippen LogP contribution in [0.5, 0.6) is 0 Å². The minimum Gasteiger partial charge on any atom is -0.376 e. The van der Waals surface area contributed by atoms with Gasteiger partial charge in [-0.1, -0.05) is 0 Å². The van der Waals surface area contributed by atoms with Crippen LogP contribution in [0.4, 0.5) is 8.78 Å². The molecule has 0 radical (unpaired) electrons. The van der Waals surface area contributed by atoms with Gasteiger partial charge in [0.15, 0.2) is 0 Å². The summed E-state index contributed by atoms with van der Waals surface area (Å²) in [5, 5.41) is 3.42. The van der Waals surface area contributed by atoms with E-state index >= 15 is 0 Å². The van der Waals surface area contributed by atoms with Crippen LogP contribution in [0.1, 0.15) is 43.4 Å². The number of rotatable bonds is 4. The van der Waals surface area contributed by atoms with Crippen LogP contribution in [0.3, 0.4) is 0 Å². The first-order valence-corrected chi connectivity index (χ1v) is 7.39. The molecule has 0 aromatic heterocycles. The summed E-state index contributed by atoms with van der Waals surface area (Å²) in [6.45, 7) is 4.22. The maximum absolute atomic E-state index is 14.0. The third-order valence-electron chi connectivity index (χ3n) is 4.43. The van der Waals surface area contributed by atoms with Crippen LogP contribution in [0.25, 0.3) is 0 Å². The molecular weight excluding hydrogens is 260 g/mol. The molecule has 1 aliphatic heterocycles. The monoisotopic (exact) mass is 281 g/mol. The Hall–Kier alpha value is -1.00. The van der Waals surface area contributed by atoms with Crippen LogP contribution in [0, 0.1) is 24.5 Å². The molecule has 0 spiro atoms. The average Bonchev–Trinajstić information content (AvgIpc) is 3.14. The molecule has 3 atom stereocenters. The lowest BCUT2D eigenvalue weighted by atomic mass is 10.0. The lowest BCUT2D eigenvalue weighted by molar-refractivity contribution is 0.0792. The fourth-order valence-electron chi connectivity index (χ4n) is 3.08. The van der Waals surface area contributed by atoms with E-state index in [0.29, 0.717) is 17.0 Å². The molecule has 1 aliphatic carbocycles. The van der Waals surface area contributed by atoms with Gasteiger partial charge in [-0.25, -0.2) is 8.78 Å². The van der Waals surface area contributed by atoms with Crippen LogP contribution >= 0.6 is 0 Å². The number of hydrogen-bond donors (Lipinski definition) is 1. The molecule has 3 unspecified atom stereocenters. The number of nitrogens with one attached hydrogen (secondary N) is 1. The fourth-order valence-corrected chi connectivity index (χ4v) is 3.08. The molecule has 0 amide bonds. The number of aryl methyl sites for hydroxylation is 1. The van der Waals surface area contributed by atoms with Crippen LogP contribution in [0.15, 0.2) is 12.1 Å². The Morgan fingerprint density at radius 3 is 2.65 bits per heavy atom. The minimum atomic E-state index is -0.350. The standard InChI is InChI=1S/C16H21F2NO/c1-9-7-14(18)12(8-13(9)17)10(2)19-15-5-6-20-16(15)11-3-4-11/h7-8,10-11,15-16,19H,3-6H2,1-2H3. The molecule has 2 nitrogen and oxygen atoms in total. The van der Waals surface area contributed by atoms with Gasteiger partial charge in [-0.05, 0) is 56.7 Å². The zero-order chi connectivity index (χ0) is 14.3. The third kappa shape index (κ3) is 2.72. The Bertz CT molecular complexity index is 501. The Balaban J connectivity index is 1.72. The van der Waals surface area contributed by atoms with Crippen molar-refractivity contribution >= 4 is 0 Å². The fraction of sp³-hybridized carbons (Fsp3) is 0.625. The second-order valence-corrected chi connectivity index (χ2v) is 6.08. The van der Waals surface area contributed by atoms with Gasteiger partial charge >= 0.3 is 0 Å². The van der Waals surface area contributed by atoms with E-state index in [2.05, 4.69) is 5.32 Å². The molecule has 3 rings (SSSR count). The van der Waals surface area contributed by atoms with Gasteiger partial charge in [-0.15, -0.1) is 0 Å². The molecule has 1 saturated heterocycles. The normalized spacial score (nSPS) is 27.8. The van der Waals surface area contributed by atoms with Crippen LogP contribution in [-0.2, 0) is 4.74 Å². The minimum absolute atomic E-state index is 0.210. The van der Waals surface area contributed by atoms with Gasteiger partial charge in [-0.2, -0.15) is 0 Å². The molecule has 1 heterocycles. The van der Waals surface area contributed by atoms with Crippen molar-refractivity contribution in [2.75, 3.05) is 6.61 Å². The summed E-state index contributed by atoms with van der Waals surface area (Å²) in [5.74, 6) is -0.0379. The Morgan fingerprint density at radius 1 is 1.20 bits per heavy atom. The molecule has 110 valence electrons. The van der Waals surface area contributed by atoms with Crippen LogP contribution < -0.4 is 5.32 Å². The summed E-state index contributed by atoms with van der Waals surface area (Å²) >= 11 is 0. The topological polar surface area (TPSA) is 21.3 Å². The van der Waals surface area contributed by atoms with E-state index in [9.17, 15) is 8.78 Å². The van der Waals surface area contributed by atoms with Crippen molar-refractivity contribution < 1.29 is 13.5 Å². The Morgan fingerprint density at radius 2 is 1.95 bits per heavy atom. The predicted octanol–water partition coefficient (Wildman–Crippen LogP) is 3.49. The van der Waals surface area contributed by atoms with Gasteiger partial charge in [0.2, 0.25) is 0 Å². The van der Waals surface area contributed by atoms with Crippen molar-refractivity contribution in [3.63, 3.8) is 0 Å². The maximum Gasteiger partial charge on any atom is 0.128 e. The summed E-state index contributed by atoms with van der Waals surface area (Å²) in [5.41, 5.74) is 0.744. The molecule has 4 heteroatoms. The van der Waals surface area contributed by atoms with Gasteiger partial charge in [0, 0.05) is 24.3 Å². The highest BCUT2D eigenvalue weighted by Crippen LogP contribution is 2.39. The first kappa shape index (κ1) is 14.0. The van der Waals surface area contributed by atoms with Gasteiger partial charge < -0.3 is 10.1 Å². The predicted molar refractivity (Wildman–Crippen MR) is 73.5 cm³/mol. The van der Waals surface area contributed by atoms with Gasteiger partial charge in [0.1, 0.15) is 11.6 Å². The highest BCUT2D eigenvalue weighted by Gasteiger charge is 2.41. The maximum atomic E-state index is 14.0. The van der Waals surface area contributed by atoms with Gasteiger partial charge in [0.05, 0.1) is 6.10 Å². The summed E-state index contributed by atoms with van der Waals surface area (Å²) < 4.78 is 33.4. The first-order chi connectivity index (χ1) is 9.56. The largest absolute Gasteiger partial charge is 0.376 e. The van der Waals surface area contributed by atoms with Gasteiger partial charge in [0.25, 0.3) is 0 Å². The lowest BCUT2D eigenvalue weighted by Crippen LogP contribution is -2.39. The Labute approximate surface area is 118 Å². The molecular formula is C16H21F2NO. The number of benzene rings is 1. The second-order valence-electron chi connectivity index (χ2n) is 6.08. The van der Waals surface area contributed by atoms with Crippen LogP contribution in [0.2, 0.25) is 0 Å².